The summed E-state index contributed by atoms with van der Waals surface area (Å²) in [6.45, 7) is 3.82. The molecule has 0 aliphatic heterocycles. The van der Waals surface area contributed by atoms with E-state index < -0.39 is 26.5 Å². The van der Waals surface area contributed by atoms with Crippen LogP contribution in [0.15, 0.2) is 36.5 Å². The summed E-state index contributed by atoms with van der Waals surface area (Å²) in [5, 5.41) is 0. The molecule has 2 unspecified atom stereocenters. The van der Waals surface area contributed by atoms with Crippen LogP contribution in [0.3, 0.4) is 0 Å². The lowest BCUT2D eigenvalue weighted by molar-refractivity contribution is -0.161. The van der Waals surface area contributed by atoms with Gasteiger partial charge in [0.15, 0.2) is 6.10 Å². The second kappa shape index (κ2) is 75.3. The molecule has 0 bridgehead atoms. The van der Waals surface area contributed by atoms with Crippen LogP contribution in [0.5, 0.6) is 0 Å². The Balaban J connectivity index is 3.76. The maximum absolute atomic E-state index is 12.8. The molecule has 0 amide bonds. The van der Waals surface area contributed by atoms with Crippen LogP contribution in [0.4, 0.5) is 0 Å². The number of carbonyl (C=O) groups is 2. The highest BCUT2D eigenvalue weighted by molar-refractivity contribution is 7.47. The predicted molar refractivity (Wildman–Crippen MR) is 386 cm³/mol. The normalized spacial score (nSPS) is 13.0. The van der Waals surface area contributed by atoms with E-state index >= 15 is 0 Å². The van der Waals surface area contributed by atoms with Crippen molar-refractivity contribution < 1.29 is 37.6 Å². The summed E-state index contributed by atoms with van der Waals surface area (Å²) in [4.78, 5) is 35.4. The van der Waals surface area contributed by atoms with Gasteiger partial charge in [-0.05, 0) is 51.4 Å². The summed E-state index contributed by atoms with van der Waals surface area (Å²) < 4.78 is 33.3. The first-order valence-corrected chi connectivity index (χ1v) is 41.0. The van der Waals surface area contributed by atoms with E-state index in [9.17, 15) is 19.0 Å². The molecule has 9 nitrogen and oxygen atoms in total. The van der Waals surface area contributed by atoms with Gasteiger partial charge < -0.3 is 20.1 Å². The number of phosphoric acid groups is 1. The first-order valence-electron chi connectivity index (χ1n) is 39.5. The van der Waals surface area contributed by atoms with Crippen LogP contribution in [0, 0.1) is 0 Å². The first kappa shape index (κ1) is 87.2. The van der Waals surface area contributed by atoms with Crippen LogP contribution in [-0.4, -0.2) is 49.3 Å². The van der Waals surface area contributed by atoms with Crippen molar-refractivity contribution in [1.29, 1.82) is 0 Å². The van der Waals surface area contributed by atoms with E-state index in [-0.39, 0.29) is 38.6 Å². The predicted octanol–water partition coefficient (Wildman–Crippen LogP) is 26.2. The highest BCUT2D eigenvalue weighted by atomic mass is 31.2. The molecule has 0 aromatic carbocycles. The van der Waals surface area contributed by atoms with E-state index in [2.05, 4.69) is 50.3 Å². The zero-order chi connectivity index (χ0) is 64.4. The molecule has 0 saturated heterocycles. The third-order valence-corrected chi connectivity index (χ3v) is 19.0. The number of hydrogen-bond donors (Lipinski definition) is 2. The van der Waals surface area contributed by atoms with Crippen LogP contribution < -0.4 is 5.73 Å². The summed E-state index contributed by atoms with van der Waals surface area (Å²) in [7, 11) is -4.39. The number of allylic oxidation sites excluding steroid dienone is 6. The van der Waals surface area contributed by atoms with E-state index in [0.29, 0.717) is 6.42 Å². The van der Waals surface area contributed by atoms with Gasteiger partial charge >= 0.3 is 19.8 Å². The van der Waals surface area contributed by atoms with Gasteiger partial charge in [-0.1, -0.05) is 397 Å². The van der Waals surface area contributed by atoms with E-state index in [1.54, 1.807) is 0 Å². The Bertz CT molecular complexity index is 1550. The lowest BCUT2D eigenvalue weighted by Gasteiger charge is -2.19. The van der Waals surface area contributed by atoms with Crippen molar-refractivity contribution in [3.05, 3.63) is 36.5 Å². The fraction of sp³-hybridized carbons (Fsp3) is 0.899. The molecule has 0 aliphatic carbocycles. The van der Waals surface area contributed by atoms with Crippen molar-refractivity contribution in [2.24, 2.45) is 5.73 Å². The first-order chi connectivity index (χ1) is 43.8. The molecular formula is C79H152NO8P. The number of unbranched alkanes of at least 4 members (excludes halogenated alkanes) is 57. The Morgan fingerprint density at radius 2 is 0.584 bits per heavy atom. The molecule has 0 aromatic rings. The molecule has 10 heteroatoms. The minimum Gasteiger partial charge on any atom is -0.462 e. The largest absolute Gasteiger partial charge is 0.472 e. The fourth-order valence-corrected chi connectivity index (χ4v) is 12.9. The van der Waals surface area contributed by atoms with Gasteiger partial charge in [0.05, 0.1) is 13.2 Å². The number of ether oxygens (including phenoxy) is 2. The van der Waals surface area contributed by atoms with Crippen LogP contribution in [0.2, 0.25) is 0 Å². The number of esters is 2. The van der Waals surface area contributed by atoms with Gasteiger partial charge in [0, 0.05) is 19.4 Å². The smallest absolute Gasteiger partial charge is 0.462 e. The molecule has 0 fully saturated rings. The summed E-state index contributed by atoms with van der Waals surface area (Å²) in [5.74, 6) is -0.802. The van der Waals surface area contributed by atoms with E-state index in [1.165, 1.54) is 347 Å². The summed E-state index contributed by atoms with van der Waals surface area (Å²) in [6.07, 6.45) is 95.7. The second-order valence-corrected chi connectivity index (χ2v) is 28.4. The van der Waals surface area contributed by atoms with E-state index in [4.69, 9.17) is 24.3 Å². The third-order valence-electron chi connectivity index (χ3n) is 18.0. The van der Waals surface area contributed by atoms with Gasteiger partial charge in [-0.25, -0.2) is 4.57 Å². The monoisotopic (exact) mass is 1270 g/mol. The van der Waals surface area contributed by atoms with Gasteiger partial charge in [0.2, 0.25) is 0 Å². The number of rotatable bonds is 76. The topological polar surface area (TPSA) is 134 Å². The average Bonchev–Trinajstić information content (AvgIpc) is 3.58. The summed E-state index contributed by atoms with van der Waals surface area (Å²) in [6, 6.07) is 0. The lowest BCUT2D eigenvalue weighted by atomic mass is 10.0. The number of hydrogen-bond acceptors (Lipinski definition) is 8. The minimum absolute atomic E-state index is 0.0563. The summed E-state index contributed by atoms with van der Waals surface area (Å²) in [5.41, 5.74) is 5.41. The minimum atomic E-state index is -4.39. The van der Waals surface area contributed by atoms with Gasteiger partial charge in [-0.3, -0.25) is 18.6 Å². The van der Waals surface area contributed by atoms with Crippen LogP contribution >= 0.6 is 7.82 Å². The van der Waals surface area contributed by atoms with Crippen molar-refractivity contribution in [2.75, 3.05) is 26.4 Å². The Morgan fingerprint density at radius 3 is 0.865 bits per heavy atom. The molecule has 0 aliphatic rings. The molecule has 0 radical (unpaired) electrons. The third kappa shape index (κ3) is 75.1. The Morgan fingerprint density at radius 1 is 0.337 bits per heavy atom. The fourth-order valence-electron chi connectivity index (χ4n) is 12.2. The molecule has 0 saturated carbocycles. The van der Waals surface area contributed by atoms with Gasteiger partial charge in [-0.2, -0.15) is 0 Å². The molecular weight excluding hydrogens is 1120 g/mol. The highest BCUT2D eigenvalue weighted by Gasteiger charge is 2.26. The maximum atomic E-state index is 12.8. The number of nitrogens with two attached hydrogens (primary N) is 1. The van der Waals surface area contributed by atoms with Crippen molar-refractivity contribution in [2.45, 2.75) is 431 Å². The molecule has 0 aromatic heterocycles. The molecule has 2 atom stereocenters. The van der Waals surface area contributed by atoms with Crippen molar-refractivity contribution in [3.63, 3.8) is 0 Å². The SMILES string of the molecule is CCCCCCC/C=C\C/C=C\C/C=C\CCCCCCCCCCCCCCCCCCCCC(=O)OC(COC(=O)CCCCCCCCCCCCCCCCCCCCCCCCCCCCCCCCCCCCC)COP(=O)(O)OCCN. The van der Waals surface area contributed by atoms with Gasteiger partial charge in [0.1, 0.15) is 6.61 Å². The molecule has 89 heavy (non-hydrogen) atoms. The Kier molecular flexibility index (Phi) is 73.8. The van der Waals surface area contributed by atoms with Crippen molar-refractivity contribution in [3.8, 4) is 0 Å². The standard InChI is InChI=1S/C79H152NO8P/c1-3-5-7-9-11-13-15-17-19-21-23-25-27-29-31-33-35-37-38-40-41-43-45-47-49-51-53-55-57-59-61-63-65-67-69-71-78(81)85-75-77(76-87-89(83,84)86-74-73-80)88-79(82)72-70-68-66-64-62-60-58-56-54-52-50-48-46-44-42-39-36-34-32-30-28-26-24-22-20-18-16-14-12-10-8-6-4-2/h16,18,22,24,28,30,77H,3-15,17,19-21,23,25-27,29,31-76,80H2,1-2H3,(H,83,84)/b18-16-,24-22-,30-28-. The zero-order valence-electron chi connectivity index (χ0n) is 59.5. The zero-order valence-corrected chi connectivity index (χ0v) is 60.3. The van der Waals surface area contributed by atoms with Crippen LogP contribution in [0.25, 0.3) is 0 Å². The Hall–Kier alpha value is -1.77. The summed E-state index contributed by atoms with van der Waals surface area (Å²) >= 11 is 0. The van der Waals surface area contributed by atoms with Crippen molar-refractivity contribution in [1.82, 2.24) is 0 Å². The Labute approximate surface area is 554 Å². The molecule has 526 valence electrons. The number of carbonyl (C=O) groups excluding carboxylic acids is 2. The molecule has 0 heterocycles. The average molecular weight is 1280 g/mol. The maximum Gasteiger partial charge on any atom is 0.472 e. The van der Waals surface area contributed by atoms with Crippen molar-refractivity contribution >= 4 is 19.8 Å². The van der Waals surface area contributed by atoms with E-state index in [0.717, 1.165) is 44.9 Å². The van der Waals surface area contributed by atoms with Crippen LogP contribution in [-0.2, 0) is 32.7 Å². The van der Waals surface area contributed by atoms with E-state index in [1.807, 2.05) is 0 Å². The van der Waals surface area contributed by atoms with Gasteiger partial charge in [-0.15, -0.1) is 0 Å². The lowest BCUT2D eigenvalue weighted by Crippen LogP contribution is -2.29. The molecule has 3 N–H and O–H groups in total. The molecule has 0 spiro atoms. The second-order valence-electron chi connectivity index (χ2n) is 26.9. The molecule has 0 rings (SSSR count). The van der Waals surface area contributed by atoms with Gasteiger partial charge in [0.25, 0.3) is 0 Å². The highest BCUT2D eigenvalue weighted by Crippen LogP contribution is 2.43. The van der Waals surface area contributed by atoms with Crippen LogP contribution in [0.1, 0.15) is 425 Å². The quantitative estimate of drug-likeness (QED) is 0.0264. The number of phosphoric ester groups is 1.